The number of nitrogens with one attached hydrogen (secondary N) is 1. The van der Waals surface area contributed by atoms with Crippen molar-refractivity contribution in [2.24, 2.45) is 4.99 Å². The first-order valence-electron chi connectivity index (χ1n) is 9.40. The average molecular weight is 446 g/mol. The maximum Gasteiger partial charge on any atom is 0.338 e. The van der Waals surface area contributed by atoms with E-state index < -0.39 is 16.9 Å². The van der Waals surface area contributed by atoms with E-state index in [2.05, 4.69) is 10.3 Å². The second-order valence-corrected chi connectivity index (χ2v) is 7.59. The van der Waals surface area contributed by atoms with Crippen molar-refractivity contribution < 1.29 is 24.0 Å². The number of nitro benzene ring substituents is 1. The second-order valence-electron chi connectivity index (χ2n) is 6.75. The number of benzene rings is 1. The van der Waals surface area contributed by atoms with E-state index in [0.717, 1.165) is 0 Å². The van der Waals surface area contributed by atoms with Gasteiger partial charge in [-0.15, -0.1) is 0 Å². The van der Waals surface area contributed by atoms with Crippen LogP contribution in [0, 0.1) is 10.1 Å². The van der Waals surface area contributed by atoms with Crippen molar-refractivity contribution in [3.63, 3.8) is 0 Å². The molecule has 10 nitrogen and oxygen atoms in total. The maximum atomic E-state index is 12.6. The van der Waals surface area contributed by atoms with Crippen molar-refractivity contribution >= 4 is 34.5 Å². The molecule has 0 bridgehead atoms. The highest BCUT2D eigenvalue weighted by molar-refractivity contribution is 8.16. The SMILES string of the molecule is COCCNC(=O)CC1=CSC2=NC(C)=C(C(=O)OC)C(c3ccc([N+](=O)[O-])cc3)N12. The highest BCUT2D eigenvalue weighted by atomic mass is 32.2. The lowest BCUT2D eigenvalue weighted by Crippen LogP contribution is -2.38. The van der Waals surface area contributed by atoms with Gasteiger partial charge < -0.3 is 19.7 Å². The summed E-state index contributed by atoms with van der Waals surface area (Å²) in [5.74, 6) is -0.747. The van der Waals surface area contributed by atoms with Crippen LogP contribution in [0.4, 0.5) is 5.69 Å². The van der Waals surface area contributed by atoms with Crippen LogP contribution >= 0.6 is 11.8 Å². The number of thioether (sulfide) groups is 1. The van der Waals surface area contributed by atoms with Crippen LogP contribution in [-0.4, -0.2) is 54.2 Å². The van der Waals surface area contributed by atoms with Crippen molar-refractivity contribution in [3.8, 4) is 0 Å². The van der Waals surface area contributed by atoms with Gasteiger partial charge in [0.2, 0.25) is 5.91 Å². The zero-order chi connectivity index (χ0) is 22.5. The Morgan fingerprint density at radius 3 is 2.61 bits per heavy atom. The first-order valence-corrected chi connectivity index (χ1v) is 10.3. The molecule has 0 saturated heterocycles. The zero-order valence-electron chi connectivity index (χ0n) is 17.3. The normalized spacial score (nSPS) is 17.6. The molecule has 0 fully saturated rings. The molecule has 1 atom stereocenters. The third-order valence-corrected chi connectivity index (χ3v) is 5.68. The molecule has 31 heavy (non-hydrogen) atoms. The molecule has 1 amide bonds. The van der Waals surface area contributed by atoms with Gasteiger partial charge >= 0.3 is 5.97 Å². The molecule has 0 radical (unpaired) electrons. The number of amides is 1. The van der Waals surface area contributed by atoms with E-state index in [4.69, 9.17) is 9.47 Å². The molecule has 2 heterocycles. The molecule has 1 unspecified atom stereocenters. The van der Waals surface area contributed by atoms with Gasteiger partial charge in [-0.25, -0.2) is 9.79 Å². The fraction of sp³-hybridized carbons (Fsp3) is 0.350. The van der Waals surface area contributed by atoms with Gasteiger partial charge in [-0.05, 0) is 30.0 Å². The summed E-state index contributed by atoms with van der Waals surface area (Å²) < 4.78 is 9.93. The lowest BCUT2D eigenvalue weighted by Gasteiger charge is -2.36. The standard InChI is InChI=1S/C20H22N4O6S/c1-12-17(19(26)30-3)18(13-4-6-14(7-5-13)24(27)28)23-15(11-31-20(23)22-12)10-16(25)21-8-9-29-2/h4-7,11,18H,8-10H2,1-3H3,(H,21,25). The number of carbonyl (C=O) groups is 2. The molecule has 11 heteroatoms. The average Bonchev–Trinajstić information content (AvgIpc) is 3.14. The van der Waals surface area contributed by atoms with E-state index >= 15 is 0 Å². The quantitative estimate of drug-likeness (QED) is 0.280. The highest BCUT2D eigenvalue weighted by Crippen LogP contribution is 2.44. The van der Waals surface area contributed by atoms with E-state index in [-0.39, 0.29) is 18.0 Å². The molecular formula is C20H22N4O6S. The van der Waals surface area contributed by atoms with Crippen LogP contribution in [0.1, 0.15) is 24.9 Å². The third kappa shape index (κ3) is 4.78. The van der Waals surface area contributed by atoms with Gasteiger partial charge in [0.1, 0.15) is 0 Å². The van der Waals surface area contributed by atoms with Crippen LogP contribution in [0.2, 0.25) is 0 Å². The van der Waals surface area contributed by atoms with Crippen LogP contribution in [0.3, 0.4) is 0 Å². The van der Waals surface area contributed by atoms with Crippen LogP contribution in [0.5, 0.6) is 0 Å². The predicted octanol–water partition coefficient (Wildman–Crippen LogP) is 2.50. The van der Waals surface area contributed by atoms with Gasteiger partial charge in [-0.1, -0.05) is 11.8 Å². The van der Waals surface area contributed by atoms with Crippen molar-refractivity contribution in [2.45, 2.75) is 19.4 Å². The summed E-state index contributed by atoms with van der Waals surface area (Å²) in [6.45, 7) is 2.50. The zero-order valence-corrected chi connectivity index (χ0v) is 18.1. The molecule has 1 aromatic carbocycles. The number of non-ortho nitro benzene ring substituents is 1. The number of amidine groups is 1. The molecule has 0 spiro atoms. The molecule has 1 aromatic rings. The Morgan fingerprint density at radius 2 is 2.00 bits per heavy atom. The number of ether oxygens (including phenoxy) is 2. The highest BCUT2D eigenvalue weighted by Gasteiger charge is 2.41. The Hall–Kier alpha value is -3.18. The summed E-state index contributed by atoms with van der Waals surface area (Å²) in [7, 11) is 2.84. The van der Waals surface area contributed by atoms with Crippen molar-refractivity contribution in [3.05, 3.63) is 62.3 Å². The smallest absolute Gasteiger partial charge is 0.338 e. The van der Waals surface area contributed by atoms with Crippen molar-refractivity contribution in [2.75, 3.05) is 27.4 Å². The van der Waals surface area contributed by atoms with Gasteiger partial charge in [0, 0.05) is 31.5 Å². The molecule has 0 aliphatic carbocycles. The summed E-state index contributed by atoms with van der Waals surface area (Å²) in [6, 6.07) is 5.33. The van der Waals surface area contributed by atoms with Crippen LogP contribution in [0.25, 0.3) is 0 Å². The fourth-order valence-corrected chi connectivity index (χ4v) is 4.32. The van der Waals surface area contributed by atoms with E-state index in [1.807, 2.05) is 5.41 Å². The molecule has 164 valence electrons. The Kier molecular flexibility index (Phi) is 7.08. The Bertz CT molecular complexity index is 986. The summed E-state index contributed by atoms with van der Waals surface area (Å²) in [5.41, 5.74) is 2.06. The van der Waals surface area contributed by atoms with E-state index in [9.17, 15) is 19.7 Å². The van der Waals surface area contributed by atoms with Crippen molar-refractivity contribution in [1.29, 1.82) is 0 Å². The van der Waals surface area contributed by atoms with E-state index in [0.29, 0.717) is 40.8 Å². The molecule has 0 aromatic heterocycles. The van der Waals surface area contributed by atoms with Gasteiger partial charge in [0.05, 0.1) is 42.4 Å². The lowest BCUT2D eigenvalue weighted by molar-refractivity contribution is -0.384. The number of hydrogen-bond donors (Lipinski definition) is 1. The second kappa shape index (κ2) is 9.75. The Labute approximate surface area is 183 Å². The van der Waals surface area contributed by atoms with E-state index in [1.165, 1.54) is 31.0 Å². The predicted molar refractivity (Wildman–Crippen MR) is 115 cm³/mol. The lowest BCUT2D eigenvalue weighted by atomic mass is 9.93. The van der Waals surface area contributed by atoms with Gasteiger partial charge in [0.15, 0.2) is 5.17 Å². The molecule has 1 N–H and O–H groups in total. The fourth-order valence-electron chi connectivity index (χ4n) is 3.35. The van der Waals surface area contributed by atoms with Crippen molar-refractivity contribution in [1.82, 2.24) is 10.2 Å². The Balaban J connectivity index is 1.97. The largest absolute Gasteiger partial charge is 0.466 e. The summed E-state index contributed by atoms with van der Waals surface area (Å²) in [4.78, 5) is 41.9. The summed E-state index contributed by atoms with van der Waals surface area (Å²) >= 11 is 1.35. The number of esters is 1. The molecule has 0 saturated carbocycles. The maximum absolute atomic E-state index is 12.6. The number of carbonyl (C=O) groups excluding carboxylic acids is 2. The number of nitrogens with zero attached hydrogens (tertiary/aromatic N) is 3. The number of fused-ring (bicyclic) bond motifs is 1. The Morgan fingerprint density at radius 1 is 1.29 bits per heavy atom. The van der Waals surface area contributed by atoms with Crippen LogP contribution in [0.15, 0.2) is 51.6 Å². The minimum absolute atomic E-state index is 0.0575. The molecule has 2 aliphatic rings. The van der Waals surface area contributed by atoms with Crippen LogP contribution < -0.4 is 5.32 Å². The minimum Gasteiger partial charge on any atom is -0.466 e. The van der Waals surface area contributed by atoms with Crippen LogP contribution in [-0.2, 0) is 19.1 Å². The first-order chi connectivity index (χ1) is 14.9. The summed E-state index contributed by atoms with van der Waals surface area (Å²) in [5, 5.41) is 16.3. The van der Waals surface area contributed by atoms with Gasteiger partial charge in [-0.3, -0.25) is 14.9 Å². The van der Waals surface area contributed by atoms with Gasteiger partial charge in [-0.2, -0.15) is 0 Å². The number of methoxy groups -OCH3 is 2. The number of rotatable bonds is 8. The number of aliphatic imine (C=N–C) groups is 1. The molecule has 2 aliphatic heterocycles. The molecular weight excluding hydrogens is 424 g/mol. The monoisotopic (exact) mass is 446 g/mol. The van der Waals surface area contributed by atoms with Gasteiger partial charge in [0.25, 0.3) is 5.69 Å². The number of hydrogen-bond acceptors (Lipinski definition) is 9. The number of nitro groups is 1. The first kappa shape index (κ1) is 22.5. The number of allylic oxidation sites excluding steroid dienone is 1. The molecule has 3 rings (SSSR count). The van der Waals surface area contributed by atoms with E-state index in [1.54, 1.807) is 31.1 Å². The third-order valence-electron chi connectivity index (χ3n) is 4.80. The minimum atomic E-state index is -0.631. The summed E-state index contributed by atoms with van der Waals surface area (Å²) in [6.07, 6.45) is 0.0761. The topological polar surface area (TPSA) is 123 Å².